The number of piperidine rings is 1. The SMILES string of the molecule is CN1CCCC(N(C)c2nc3cc(NC(=O)c4ccc(-c5ccc(F)cc5)cc4)ccc3o2)C1. The Hall–Kier alpha value is -3.71. The summed E-state index contributed by atoms with van der Waals surface area (Å²) in [6.45, 7) is 2.10. The Morgan fingerprint density at radius 1 is 1.09 bits per heavy atom. The first kappa shape index (κ1) is 22.1. The molecule has 174 valence electrons. The minimum atomic E-state index is -0.274. The Labute approximate surface area is 198 Å². The number of nitrogens with zero attached hydrogens (tertiary/aromatic N) is 3. The molecule has 1 aliphatic heterocycles. The average Bonchev–Trinajstić information content (AvgIpc) is 3.27. The lowest BCUT2D eigenvalue weighted by Gasteiger charge is -2.34. The van der Waals surface area contributed by atoms with Crippen LogP contribution in [0.4, 0.5) is 16.1 Å². The zero-order valence-electron chi connectivity index (χ0n) is 19.3. The molecule has 2 heterocycles. The van der Waals surface area contributed by atoms with E-state index >= 15 is 0 Å². The molecule has 3 aromatic carbocycles. The maximum atomic E-state index is 13.1. The van der Waals surface area contributed by atoms with Gasteiger partial charge in [0.15, 0.2) is 5.58 Å². The molecule has 1 N–H and O–H groups in total. The van der Waals surface area contributed by atoms with Crippen LogP contribution in [0, 0.1) is 5.82 Å². The highest BCUT2D eigenvalue weighted by Crippen LogP contribution is 2.27. The number of carbonyl (C=O) groups is 1. The predicted molar refractivity (Wildman–Crippen MR) is 133 cm³/mol. The second-order valence-electron chi connectivity index (χ2n) is 8.89. The minimum Gasteiger partial charge on any atom is -0.423 e. The normalized spacial score (nSPS) is 16.5. The van der Waals surface area contributed by atoms with Gasteiger partial charge in [-0.05, 0) is 80.0 Å². The van der Waals surface area contributed by atoms with E-state index in [-0.39, 0.29) is 11.7 Å². The average molecular weight is 459 g/mol. The fourth-order valence-corrected chi connectivity index (χ4v) is 4.42. The van der Waals surface area contributed by atoms with Crippen molar-refractivity contribution in [3.8, 4) is 11.1 Å². The maximum Gasteiger partial charge on any atom is 0.298 e. The van der Waals surface area contributed by atoms with Crippen LogP contribution in [-0.4, -0.2) is 49.0 Å². The van der Waals surface area contributed by atoms with Crippen LogP contribution in [0.3, 0.4) is 0 Å². The molecule has 1 aliphatic rings. The Kier molecular flexibility index (Phi) is 6.02. The van der Waals surface area contributed by atoms with Gasteiger partial charge in [0, 0.05) is 30.9 Å². The van der Waals surface area contributed by atoms with E-state index in [4.69, 9.17) is 4.42 Å². The van der Waals surface area contributed by atoms with Gasteiger partial charge in [-0.1, -0.05) is 24.3 Å². The number of amides is 1. The number of hydrogen-bond donors (Lipinski definition) is 1. The molecule has 1 fully saturated rings. The smallest absolute Gasteiger partial charge is 0.298 e. The van der Waals surface area contributed by atoms with E-state index in [2.05, 4.69) is 27.1 Å². The van der Waals surface area contributed by atoms with Gasteiger partial charge in [0.05, 0.1) is 0 Å². The third-order valence-corrected chi connectivity index (χ3v) is 6.41. The summed E-state index contributed by atoms with van der Waals surface area (Å²) in [6.07, 6.45) is 2.27. The fourth-order valence-electron chi connectivity index (χ4n) is 4.42. The van der Waals surface area contributed by atoms with Gasteiger partial charge in [0.1, 0.15) is 11.3 Å². The van der Waals surface area contributed by atoms with Gasteiger partial charge in [-0.15, -0.1) is 0 Å². The van der Waals surface area contributed by atoms with E-state index < -0.39 is 0 Å². The third kappa shape index (κ3) is 4.65. The van der Waals surface area contributed by atoms with Crippen LogP contribution in [-0.2, 0) is 0 Å². The zero-order chi connectivity index (χ0) is 23.7. The van der Waals surface area contributed by atoms with Gasteiger partial charge in [-0.25, -0.2) is 4.39 Å². The van der Waals surface area contributed by atoms with Crippen LogP contribution >= 0.6 is 0 Å². The van der Waals surface area contributed by atoms with Crippen LogP contribution in [0.1, 0.15) is 23.2 Å². The second-order valence-corrected chi connectivity index (χ2v) is 8.89. The second kappa shape index (κ2) is 9.27. The molecule has 4 aromatic rings. The molecule has 5 rings (SSSR count). The predicted octanol–water partition coefficient (Wildman–Crippen LogP) is 5.42. The lowest BCUT2D eigenvalue weighted by Crippen LogP contribution is -2.45. The highest BCUT2D eigenvalue weighted by Gasteiger charge is 2.24. The number of anilines is 2. The number of fused-ring (bicyclic) bond motifs is 1. The summed E-state index contributed by atoms with van der Waals surface area (Å²) in [6, 6.07) is 19.9. The number of oxazole rings is 1. The van der Waals surface area contributed by atoms with E-state index in [0.29, 0.717) is 34.4 Å². The highest BCUT2D eigenvalue weighted by atomic mass is 19.1. The first-order valence-corrected chi connectivity index (χ1v) is 11.5. The van der Waals surface area contributed by atoms with Gasteiger partial charge in [0.25, 0.3) is 11.9 Å². The van der Waals surface area contributed by atoms with Crippen LogP contribution < -0.4 is 10.2 Å². The molecule has 1 amide bonds. The van der Waals surface area contributed by atoms with Gasteiger partial charge < -0.3 is 19.5 Å². The van der Waals surface area contributed by atoms with Gasteiger partial charge >= 0.3 is 0 Å². The zero-order valence-corrected chi connectivity index (χ0v) is 19.3. The Morgan fingerprint density at radius 2 is 1.79 bits per heavy atom. The summed E-state index contributed by atoms with van der Waals surface area (Å²) < 4.78 is 19.1. The third-order valence-electron chi connectivity index (χ3n) is 6.41. The maximum absolute atomic E-state index is 13.1. The molecule has 0 bridgehead atoms. The summed E-state index contributed by atoms with van der Waals surface area (Å²) in [5, 5.41) is 2.93. The van der Waals surface area contributed by atoms with Crippen molar-refractivity contribution in [3.63, 3.8) is 0 Å². The standard InChI is InChI=1S/C27H27FN4O2/c1-31-15-3-4-23(17-31)32(2)27-30-24-16-22(13-14-25(24)34-27)29-26(33)20-7-5-18(6-8-20)19-9-11-21(28)12-10-19/h5-14,16,23H,3-4,15,17H2,1-2H3,(H,29,33). The lowest BCUT2D eigenvalue weighted by molar-refractivity contribution is 0.102. The van der Waals surface area contributed by atoms with Crippen LogP contribution in [0.15, 0.2) is 71.1 Å². The number of likely N-dealkylation sites (N-methyl/N-ethyl adjacent to an activating group) is 2. The van der Waals surface area contributed by atoms with E-state index in [1.807, 2.05) is 37.4 Å². The van der Waals surface area contributed by atoms with E-state index in [1.54, 1.807) is 24.3 Å². The van der Waals surface area contributed by atoms with E-state index in [9.17, 15) is 9.18 Å². The van der Waals surface area contributed by atoms with Crippen molar-refractivity contribution in [2.24, 2.45) is 0 Å². The highest BCUT2D eigenvalue weighted by molar-refractivity contribution is 6.05. The monoisotopic (exact) mass is 458 g/mol. The molecule has 6 nitrogen and oxygen atoms in total. The number of aromatic nitrogens is 1. The number of likely N-dealkylation sites (tertiary alicyclic amines) is 1. The van der Waals surface area contributed by atoms with Crippen molar-refractivity contribution in [1.82, 2.24) is 9.88 Å². The number of benzene rings is 3. The first-order valence-electron chi connectivity index (χ1n) is 11.5. The first-order chi connectivity index (χ1) is 16.5. The van der Waals surface area contributed by atoms with E-state index in [0.717, 1.165) is 37.1 Å². The van der Waals surface area contributed by atoms with Gasteiger partial charge in [-0.3, -0.25) is 4.79 Å². The quantitative estimate of drug-likeness (QED) is 0.433. The van der Waals surface area contributed by atoms with Crippen molar-refractivity contribution in [2.45, 2.75) is 18.9 Å². The summed E-state index contributed by atoms with van der Waals surface area (Å²) >= 11 is 0. The number of rotatable bonds is 5. The minimum absolute atomic E-state index is 0.212. The molecule has 7 heteroatoms. The van der Waals surface area contributed by atoms with Gasteiger partial charge in [-0.2, -0.15) is 4.98 Å². The van der Waals surface area contributed by atoms with Crippen LogP contribution in [0.25, 0.3) is 22.2 Å². The molecule has 0 radical (unpaired) electrons. The number of nitrogens with one attached hydrogen (secondary N) is 1. The Balaban J connectivity index is 1.29. The summed E-state index contributed by atoms with van der Waals surface area (Å²) in [5.74, 6) is -0.486. The molecule has 0 aliphatic carbocycles. The topological polar surface area (TPSA) is 61.6 Å². The largest absolute Gasteiger partial charge is 0.423 e. The summed E-state index contributed by atoms with van der Waals surface area (Å²) in [5.41, 5.74) is 4.39. The lowest BCUT2D eigenvalue weighted by atomic mass is 10.0. The molecular formula is C27H27FN4O2. The fraction of sp³-hybridized carbons (Fsp3) is 0.259. The van der Waals surface area contributed by atoms with Crippen molar-refractivity contribution in [3.05, 3.63) is 78.1 Å². The Morgan fingerprint density at radius 3 is 2.50 bits per heavy atom. The molecule has 0 saturated carbocycles. The van der Waals surface area contributed by atoms with Crippen molar-refractivity contribution in [2.75, 3.05) is 37.4 Å². The molecule has 1 saturated heterocycles. The summed E-state index contributed by atoms with van der Waals surface area (Å²) in [7, 11) is 4.16. The van der Waals surface area contributed by atoms with E-state index in [1.165, 1.54) is 12.1 Å². The Bertz CT molecular complexity index is 1300. The van der Waals surface area contributed by atoms with Crippen molar-refractivity contribution < 1.29 is 13.6 Å². The molecule has 1 unspecified atom stereocenters. The molecule has 1 aromatic heterocycles. The molecular weight excluding hydrogens is 431 g/mol. The van der Waals surface area contributed by atoms with Gasteiger partial charge in [0.2, 0.25) is 0 Å². The molecule has 0 spiro atoms. The van der Waals surface area contributed by atoms with Crippen LogP contribution in [0.5, 0.6) is 0 Å². The van der Waals surface area contributed by atoms with Crippen molar-refractivity contribution in [1.29, 1.82) is 0 Å². The summed E-state index contributed by atoms with van der Waals surface area (Å²) in [4.78, 5) is 21.9. The number of hydrogen-bond acceptors (Lipinski definition) is 5. The number of halogens is 1. The number of carbonyl (C=O) groups excluding carboxylic acids is 1. The van der Waals surface area contributed by atoms with Crippen molar-refractivity contribution >= 4 is 28.7 Å². The molecule has 34 heavy (non-hydrogen) atoms. The van der Waals surface area contributed by atoms with Crippen LogP contribution in [0.2, 0.25) is 0 Å². The molecule has 1 atom stereocenters.